The molecule has 120 valence electrons. The van der Waals surface area contributed by atoms with Crippen LogP contribution >= 0.6 is 10.7 Å². The largest absolute Gasteiger partial charge is 0.458 e. The van der Waals surface area contributed by atoms with E-state index in [9.17, 15) is 26.4 Å². The number of hydrogen-bond donors (Lipinski definition) is 0. The predicted octanol–water partition coefficient (Wildman–Crippen LogP) is 2.93. The molecule has 0 aliphatic carbocycles. The van der Waals surface area contributed by atoms with Crippen molar-refractivity contribution in [2.75, 3.05) is 0 Å². The maximum atomic E-state index is 12.5. The lowest BCUT2D eigenvalue weighted by atomic mass is 10.3. The second-order valence-electron chi connectivity index (χ2n) is 4.37. The third-order valence-corrected chi connectivity index (χ3v) is 3.92. The Morgan fingerprint density at radius 3 is 2.48 bits per heavy atom. The van der Waals surface area contributed by atoms with E-state index in [0.717, 1.165) is 6.07 Å². The first-order valence-corrected chi connectivity index (χ1v) is 8.17. The lowest BCUT2D eigenvalue weighted by Gasteiger charge is -2.13. The summed E-state index contributed by atoms with van der Waals surface area (Å²) < 4.78 is 65.1. The summed E-state index contributed by atoms with van der Waals surface area (Å²) in [5.41, 5.74) is -0.521. The van der Waals surface area contributed by atoms with Gasteiger partial charge in [0, 0.05) is 16.9 Å². The van der Waals surface area contributed by atoms with Gasteiger partial charge < -0.3 is 9.30 Å². The number of alkyl halides is 3. The second kappa shape index (κ2) is 6.27. The molecule has 0 N–H and O–H groups in total. The molecule has 0 aliphatic rings. The van der Waals surface area contributed by atoms with E-state index in [2.05, 4.69) is 0 Å². The zero-order chi connectivity index (χ0) is 16.4. The Kier molecular flexibility index (Phi) is 5.32. The van der Waals surface area contributed by atoms with Gasteiger partial charge in [-0.25, -0.2) is 13.2 Å². The average molecular weight is 348 g/mol. The van der Waals surface area contributed by atoms with Crippen LogP contribution in [-0.2, 0) is 20.3 Å². The van der Waals surface area contributed by atoms with Gasteiger partial charge in [-0.1, -0.05) is 6.92 Å². The van der Waals surface area contributed by atoms with Gasteiger partial charge in [-0.3, -0.25) is 0 Å². The molecule has 1 rings (SSSR count). The highest BCUT2D eigenvalue weighted by atomic mass is 35.7. The molecule has 1 aromatic heterocycles. The van der Waals surface area contributed by atoms with Crippen LogP contribution in [0.1, 0.15) is 30.8 Å². The molecule has 1 atom stereocenters. The highest BCUT2D eigenvalue weighted by Crippen LogP contribution is 2.24. The number of hydrogen-bond acceptors (Lipinski definition) is 4. The molecule has 5 nitrogen and oxygen atoms in total. The Balaban J connectivity index is 3.21. The Morgan fingerprint density at radius 1 is 1.48 bits per heavy atom. The normalized spacial score (nSPS) is 14.0. The molecule has 0 amide bonds. The van der Waals surface area contributed by atoms with E-state index in [4.69, 9.17) is 15.4 Å². The zero-order valence-electron chi connectivity index (χ0n) is 11.1. The first-order chi connectivity index (χ1) is 9.44. The number of esters is 1. The third kappa shape index (κ3) is 5.24. The van der Waals surface area contributed by atoms with Gasteiger partial charge in [0.1, 0.15) is 17.1 Å². The van der Waals surface area contributed by atoms with Crippen LogP contribution in [0.2, 0.25) is 0 Å². The number of ether oxygens (including phenoxy) is 1. The Hall–Kier alpha value is -1.22. The summed E-state index contributed by atoms with van der Waals surface area (Å²) in [6.45, 7) is 1.76. The topological polar surface area (TPSA) is 65.4 Å². The predicted molar refractivity (Wildman–Crippen MR) is 68.7 cm³/mol. The van der Waals surface area contributed by atoms with Gasteiger partial charge in [-0.05, 0) is 19.4 Å². The van der Waals surface area contributed by atoms with Crippen molar-refractivity contribution in [3.05, 3.63) is 18.0 Å². The van der Waals surface area contributed by atoms with E-state index in [-0.39, 0.29) is 0 Å². The van der Waals surface area contributed by atoms with Crippen LogP contribution in [0.25, 0.3) is 0 Å². The highest BCUT2D eigenvalue weighted by molar-refractivity contribution is 8.13. The molecule has 1 unspecified atom stereocenters. The summed E-state index contributed by atoms with van der Waals surface area (Å²) in [6, 6.07) is 0.763. The number of rotatable bonds is 5. The summed E-state index contributed by atoms with van der Waals surface area (Å²) in [7, 11) is 0.827. The van der Waals surface area contributed by atoms with Crippen molar-refractivity contribution in [1.82, 2.24) is 4.57 Å². The van der Waals surface area contributed by atoms with Crippen LogP contribution in [0.15, 0.2) is 17.2 Å². The Morgan fingerprint density at radius 2 is 2.05 bits per heavy atom. The van der Waals surface area contributed by atoms with Crippen LogP contribution in [0, 0.1) is 0 Å². The van der Waals surface area contributed by atoms with Crippen LogP contribution in [0.3, 0.4) is 0 Å². The van der Waals surface area contributed by atoms with E-state index in [0.29, 0.717) is 17.2 Å². The first-order valence-electron chi connectivity index (χ1n) is 5.86. The van der Waals surface area contributed by atoms with Crippen LogP contribution in [0.5, 0.6) is 0 Å². The molecule has 0 saturated heterocycles. The average Bonchev–Trinajstić information content (AvgIpc) is 2.69. The molecule has 0 saturated carbocycles. The SMILES string of the molecule is CCC(C)OC(=O)c1cc(S(=O)(=O)Cl)cn1CC(F)(F)F. The van der Waals surface area contributed by atoms with Crippen molar-refractivity contribution in [3.8, 4) is 0 Å². The number of carbonyl (C=O) groups is 1. The Bertz CT molecular complexity index is 624. The summed E-state index contributed by atoms with van der Waals surface area (Å²) in [5.74, 6) is -1.04. The summed E-state index contributed by atoms with van der Waals surface area (Å²) in [5, 5.41) is 0. The van der Waals surface area contributed by atoms with Crippen LogP contribution in [0.4, 0.5) is 13.2 Å². The van der Waals surface area contributed by atoms with Crippen LogP contribution < -0.4 is 0 Å². The van der Waals surface area contributed by atoms with Gasteiger partial charge in [-0.2, -0.15) is 13.2 Å². The van der Waals surface area contributed by atoms with E-state index in [1.807, 2.05) is 0 Å². The van der Waals surface area contributed by atoms with Gasteiger partial charge in [0.15, 0.2) is 0 Å². The van der Waals surface area contributed by atoms with E-state index < -0.39 is 44.4 Å². The smallest absolute Gasteiger partial charge is 0.406 e. The molecule has 21 heavy (non-hydrogen) atoms. The summed E-state index contributed by atoms with van der Waals surface area (Å²) >= 11 is 0. The first kappa shape index (κ1) is 17.8. The molecule has 0 fully saturated rings. The van der Waals surface area contributed by atoms with Gasteiger partial charge in [0.2, 0.25) is 0 Å². The molecule has 0 spiro atoms. The maximum Gasteiger partial charge on any atom is 0.406 e. The fraction of sp³-hybridized carbons (Fsp3) is 0.545. The van der Waals surface area contributed by atoms with Crippen molar-refractivity contribution >= 4 is 25.7 Å². The summed E-state index contributed by atoms with van der Waals surface area (Å²) in [6.07, 6.45) is -4.02. The number of carbonyl (C=O) groups excluding carboxylic acids is 1. The minimum atomic E-state index is -4.63. The monoisotopic (exact) mass is 347 g/mol. The zero-order valence-corrected chi connectivity index (χ0v) is 12.7. The van der Waals surface area contributed by atoms with Crippen molar-refractivity contribution in [3.63, 3.8) is 0 Å². The van der Waals surface area contributed by atoms with Gasteiger partial charge in [0.25, 0.3) is 9.05 Å². The molecule has 1 heterocycles. The lowest BCUT2D eigenvalue weighted by Crippen LogP contribution is -2.22. The number of nitrogens with zero attached hydrogens (tertiary/aromatic N) is 1. The van der Waals surface area contributed by atoms with E-state index >= 15 is 0 Å². The molecule has 0 bridgehead atoms. The maximum absolute atomic E-state index is 12.5. The number of halogens is 4. The molecule has 10 heteroatoms. The van der Waals surface area contributed by atoms with Gasteiger partial charge >= 0.3 is 12.1 Å². The van der Waals surface area contributed by atoms with E-state index in [1.165, 1.54) is 0 Å². The minimum Gasteiger partial charge on any atom is -0.458 e. The molecular weight excluding hydrogens is 335 g/mol. The van der Waals surface area contributed by atoms with Crippen molar-refractivity contribution in [2.45, 2.75) is 44.0 Å². The van der Waals surface area contributed by atoms with Crippen molar-refractivity contribution in [1.29, 1.82) is 0 Å². The third-order valence-electron chi connectivity index (χ3n) is 2.59. The van der Waals surface area contributed by atoms with Crippen molar-refractivity contribution in [2.24, 2.45) is 0 Å². The summed E-state index contributed by atoms with van der Waals surface area (Å²) in [4.78, 5) is 11.2. The Labute approximate surface area is 124 Å². The highest BCUT2D eigenvalue weighted by Gasteiger charge is 2.32. The molecule has 1 aromatic rings. The van der Waals surface area contributed by atoms with Gasteiger partial charge in [0.05, 0.1) is 6.10 Å². The molecule has 0 radical (unpaired) electrons. The number of aromatic nitrogens is 1. The quantitative estimate of drug-likeness (QED) is 0.607. The van der Waals surface area contributed by atoms with Crippen molar-refractivity contribution < 1.29 is 31.1 Å². The fourth-order valence-corrected chi connectivity index (χ4v) is 2.20. The minimum absolute atomic E-state index is 0.458. The molecule has 0 aromatic carbocycles. The standard InChI is InChI=1S/C11H13ClF3NO4S/c1-3-7(2)20-10(17)9-4-8(21(12,18)19)5-16(9)6-11(13,14)15/h4-5,7H,3,6H2,1-2H3. The molecular formula is C11H13ClF3NO4S. The van der Waals surface area contributed by atoms with E-state index in [1.54, 1.807) is 13.8 Å². The van der Waals surface area contributed by atoms with Crippen LogP contribution in [-0.4, -0.2) is 31.2 Å². The lowest BCUT2D eigenvalue weighted by molar-refractivity contribution is -0.140. The molecule has 0 aliphatic heterocycles. The van der Waals surface area contributed by atoms with Gasteiger partial charge in [-0.15, -0.1) is 0 Å². The second-order valence-corrected chi connectivity index (χ2v) is 6.93. The fourth-order valence-electron chi connectivity index (χ4n) is 1.44.